The number of halogens is 1. The van der Waals surface area contributed by atoms with E-state index in [1.807, 2.05) is 6.92 Å². The molecule has 19 heavy (non-hydrogen) atoms. The van der Waals surface area contributed by atoms with Crippen LogP contribution in [-0.4, -0.2) is 14.5 Å². The van der Waals surface area contributed by atoms with Crippen LogP contribution in [-0.2, 0) is 10.0 Å². The molecule has 3 N–H and O–H groups in total. The van der Waals surface area contributed by atoms with Crippen molar-refractivity contribution < 1.29 is 12.8 Å². The zero-order valence-electron chi connectivity index (χ0n) is 10.9. The molecule has 1 aliphatic carbocycles. The Labute approximate surface area is 113 Å². The zero-order chi connectivity index (χ0) is 14.0. The molecule has 0 heterocycles. The Kier molecular flexibility index (Phi) is 4.10. The van der Waals surface area contributed by atoms with Gasteiger partial charge in [-0.05, 0) is 37.0 Å². The topological polar surface area (TPSA) is 72.2 Å². The molecule has 1 aliphatic rings. The minimum atomic E-state index is -3.85. The summed E-state index contributed by atoms with van der Waals surface area (Å²) in [6.45, 7) is 2.02. The van der Waals surface area contributed by atoms with Gasteiger partial charge in [-0.15, -0.1) is 0 Å². The molecule has 1 aromatic carbocycles. The number of anilines is 1. The van der Waals surface area contributed by atoms with E-state index in [1.165, 1.54) is 6.07 Å². The van der Waals surface area contributed by atoms with Gasteiger partial charge in [0.2, 0.25) is 10.0 Å². The van der Waals surface area contributed by atoms with Crippen molar-refractivity contribution in [3.63, 3.8) is 0 Å². The van der Waals surface area contributed by atoms with Crippen LogP contribution >= 0.6 is 0 Å². The average Bonchev–Trinajstić information content (AvgIpc) is 2.35. The summed E-state index contributed by atoms with van der Waals surface area (Å²) in [4.78, 5) is -0.370. The van der Waals surface area contributed by atoms with Gasteiger partial charge >= 0.3 is 0 Å². The molecular weight excluding hydrogens is 267 g/mol. The van der Waals surface area contributed by atoms with E-state index in [4.69, 9.17) is 5.73 Å². The predicted octanol–water partition coefficient (Wildman–Crippen LogP) is 2.26. The van der Waals surface area contributed by atoms with Crippen LogP contribution in [0.3, 0.4) is 0 Å². The standard InChI is InChI=1S/C13H19FN2O2S/c1-9-4-2-3-5-12(9)16-19(17,18)13-8-10(15)6-7-11(13)14/h6-9,12,16H,2-5,15H2,1H3. The van der Waals surface area contributed by atoms with E-state index in [-0.39, 0.29) is 22.5 Å². The average molecular weight is 286 g/mol. The summed E-state index contributed by atoms with van der Waals surface area (Å²) in [5.74, 6) is -0.502. The smallest absolute Gasteiger partial charge is 0.243 e. The molecule has 0 spiro atoms. The van der Waals surface area contributed by atoms with Gasteiger partial charge in [-0.1, -0.05) is 19.8 Å². The third-order valence-corrected chi connectivity index (χ3v) is 5.17. The molecule has 0 aliphatic heterocycles. The minimum absolute atomic E-state index is 0.125. The van der Waals surface area contributed by atoms with Crippen molar-refractivity contribution in [1.82, 2.24) is 4.72 Å². The number of hydrogen-bond acceptors (Lipinski definition) is 3. The second kappa shape index (κ2) is 5.46. The van der Waals surface area contributed by atoms with Gasteiger partial charge in [-0.25, -0.2) is 17.5 Å². The van der Waals surface area contributed by atoms with Crippen LogP contribution in [0.2, 0.25) is 0 Å². The Bertz CT molecular complexity index is 560. The fourth-order valence-corrected chi connectivity index (χ4v) is 3.97. The zero-order valence-corrected chi connectivity index (χ0v) is 11.7. The van der Waals surface area contributed by atoms with Crippen molar-refractivity contribution in [2.45, 2.75) is 43.5 Å². The van der Waals surface area contributed by atoms with Crippen molar-refractivity contribution >= 4 is 15.7 Å². The number of nitrogens with two attached hydrogens (primary N) is 1. The highest BCUT2D eigenvalue weighted by molar-refractivity contribution is 7.89. The predicted molar refractivity (Wildman–Crippen MR) is 72.6 cm³/mol. The lowest BCUT2D eigenvalue weighted by Crippen LogP contribution is -2.41. The Morgan fingerprint density at radius 1 is 1.32 bits per heavy atom. The maximum atomic E-state index is 13.6. The summed E-state index contributed by atoms with van der Waals surface area (Å²) in [7, 11) is -3.85. The molecule has 6 heteroatoms. The minimum Gasteiger partial charge on any atom is -0.399 e. The quantitative estimate of drug-likeness (QED) is 0.837. The highest BCUT2D eigenvalue weighted by Gasteiger charge is 2.28. The maximum Gasteiger partial charge on any atom is 0.243 e. The fourth-order valence-electron chi connectivity index (χ4n) is 2.48. The van der Waals surface area contributed by atoms with E-state index in [2.05, 4.69) is 4.72 Å². The van der Waals surface area contributed by atoms with E-state index in [9.17, 15) is 12.8 Å². The molecule has 2 atom stereocenters. The normalized spacial score (nSPS) is 24.3. The van der Waals surface area contributed by atoms with E-state index < -0.39 is 15.8 Å². The molecule has 1 fully saturated rings. The molecule has 0 radical (unpaired) electrons. The Morgan fingerprint density at radius 2 is 2.00 bits per heavy atom. The highest BCUT2D eigenvalue weighted by atomic mass is 32.2. The molecule has 0 saturated heterocycles. The van der Waals surface area contributed by atoms with Crippen LogP contribution in [0.4, 0.5) is 10.1 Å². The van der Waals surface area contributed by atoms with Gasteiger partial charge in [0.1, 0.15) is 10.7 Å². The Balaban J connectivity index is 2.24. The van der Waals surface area contributed by atoms with Gasteiger partial charge in [0.15, 0.2) is 0 Å². The molecule has 2 unspecified atom stereocenters. The summed E-state index contributed by atoms with van der Waals surface area (Å²) in [6.07, 6.45) is 3.90. The number of nitrogens with one attached hydrogen (secondary N) is 1. The van der Waals surface area contributed by atoms with Crippen LogP contribution in [0.1, 0.15) is 32.6 Å². The van der Waals surface area contributed by atoms with Crippen LogP contribution in [0, 0.1) is 11.7 Å². The first-order chi connectivity index (χ1) is 8.90. The summed E-state index contributed by atoms with van der Waals surface area (Å²) >= 11 is 0. The SMILES string of the molecule is CC1CCCCC1NS(=O)(=O)c1cc(N)ccc1F. The molecule has 2 rings (SSSR count). The number of benzene rings is 1. The van der Waals surface area contributed by atoms with E-state index in [0.29, 0.717) is 0 Å². The van der Waals surface area contributed by atoms with Crippen LogP contribution < -0.4 is 10.5 Å². The summed E-state index contributed by atoms with van der Waals surface area (Å²) < 4.78 is 40.7. The molecule has 1 aromatic rings. The number of hydrogen-bond donors (Lipinski definition) is 2. The number of sulfonamides is 1. The first kappa shape index (κ1) is 14.3. The molecular formula is C13H19FN2O2S. The molecule has 4 nitrogen and oxygen atoms in total. The number of rotatable bonds is 3. The van der Waals surface area contributed by atoms with Crippen LogP contribution in [0.15, 0.2) is 23.1 Å². The van der Waals surface area contributed by atoms with Crippen LogP contribution in [0.5, 0.6) is 0 Å². The number of nitrogen functional groups attached to an aromatic ring is 1. The fraction of sp³-hybridized carbons (Fsp3) is 0.538. The first-order valence-corrected chi connectivity index (χ1v) is 7.96. The second-order valence-electron chi connectivity index (χ2n) is 5.18. The third kappa shape index (κ3) is 3.25. The molecule has 0 amide bonds. The maximum absolute atomic E-state index is 13.6. The third-order valence-electron chi connectivity index (χ3n) is 3.66. The molecule has 0 bridgehead atoms. The van der Waals surface area contributed by atoms with Crippen molar-refractivity contribution in [2.24, 2.45) is 5.92 Å². The van der Waals surface area contributed by atoms with E-state index >= 15 is 0 Å². The van der Waals surface area contributed by atoms with Crippen molar-refractivity contribution in [1.29, 1.82) is 0 Å². The van der Waals surface area contributed by atoms with Crippen molar-refractivity contribution in [2.75, 3.05) is 5.73 Å². The van der Waals surface area contributed by atoms with Gasteiger partial charge in [0.25, 0.3) is 0 Å². The first-order valence-electron chi connectivity index (χ1n) is 6.47. The van der Waals surface area contributed by atoms with Gasteiger partial charge in [-0.3, -0.25) is 0 Å². The second-order valence-corrected chi connectivity index (χ2v) is 6.86. The molecule has 106 valence electrons. The van der Waals surface area contributed by atoms with Gasteiger partial charge in [0.05, 0.1) is 0 Å². The summed E-state index contributed by atoms with van der Waals surface area (Å²) in [5, 5.41) is 0. The van der Waals surface area contributed by atoms with E-state index in [1.54, 1.807) is 0 Å². The van der Waals surface area contributed by atoms with E-state index in [0.717, 1.165) is 37.8 Å². The largest absolute Gasteiger partial charge is 0.399 e. The molecule has 1 saturated carbocycles. The van der Waals surface area contributed by atoms with Gasteiger partial charge in [-0.2, -0.15) is 0 Å². The summed E-state index contributed by atoms with van der Waals surface area (Å²) in [6, 6.07) is 3.45. The van der Waals surface area contributed by atoms with Crippen molar-refractivity contribution in [3.8, 4) is 0 Å². The molecule has 0 aromatic heterocycles. The lowest BCUT2D eigenvalue weighted by atomic mass is 9.87. The Morgan fingerprint density at radius 3 is 2.68 bits per heavy atom. The monoisotopic (exact) mass is 286 g/mol. The van der Waals surface area contributed by atoms with Gasteiger partial charge < -0.3 is 5.73 Å². The lowest BCUT2D eigenvalue weighted by molar-refractivity contribution is 0.310. The van der Waals surface area contributed by atoms with Crippen LogP contribution in [0.25, 0.3) is 0 Å². The van der Waals surface area contributed by atoms with Crippen molar-refractivity contribution in [3.05, 3.63) is 24.0 Å². The lowest BCUT2D eigenvalue weighted by Gasteiger charge is -2.29. The Hall–Kier alpha value is -1.14. The van der Waals surface area contributed by atoms with Gasteiger partial charge in [0, 0.05) is 11.7 Å². The summed E-state index contributed by atoms with van der Waals surface area (Å²) in [5.41, 5.74) is 5.76. The highest BCUT2D eigenvalue weighted by Crippen LogP contribution is 2.26.